The Hall–Kier alpha value is -2.60. The van der Waals surface area contributed by atoms with E-state index < -0.39 is 0 Å². The van der Waals surface area contributed by atoms with Gasteiger partial charge in [0.25, 0.3) is 5.91 Å². The molecule has 1 aromatic carbocycles. The van der Waals surface area contributed by atoms with Crippen molar-refractivity contribution in [3.63, 3.8) is 0 Å². The molecule has 0 radical (unpaired) electrons. The van der Waals surface area contributed by atoms with Gasteiger partial charge in [0.05, 0.1) is 13.7 Å². The minimum atomic E-state index is -0.0989. The minimum Gasteiger partial charge on any atom is -0.494 e. The van der Waals surface area contributed by atoms with Crippen molar-refractivity contribution in [2.24, 2.45) is 0 Å². The fraction of sp³-hybridized carbons (Fsp3) is 0.263. The summed E-state index contributed by atoms with van der Waals surface area (Å²) in [6.07, 6.45) is 1.79. The Balaban J connectivity index is 1.82. The maximum Gasteiger partial charge on any atom is 0.274 e. The maximum atomic E-state index is 12.7. The molecule has 0 bridgehead atoms. The highest BCUT2D eigenvalue weighted by molar-refractivity contribution is 7.10. The van der Waals surface area contributed by atoms with Crippen LogP contribution in [0.4, 0.5) is 0 Å². The van der Waals surface area contributed by atoms with Crippen molar-refractivity contribution in [2.45, 2.75) is 20.4 Å². The van der Waals surface area contributed by atoms with Gasteiger partial charge in [0.1, 0.15) is 11.4 Å². The van der Waals surface area contributed by atoms with Crippen LogP contribution < -0.4 is 4.74 Å². The molecule has 0 N–H and O–H groups in total. The SMILES string of the molecule is COc1ccc(C)cc1-n1ccc(C(=O)N(C)Cc2sccc2C)n1. The van der Waals surface area contributed by atoms with E-state index in [1.165, 1.54) is 10.4 Å². The molecule has 5 nitrogen and oxygen atoms in total. The summed E-state index contributed by atoms with van der Waals surface area (Å²) in [5.41, 5.74) is 3.54. The lowest BCUT2D eigenvalue weighted by Crippen LogP contribution is -2.26. The average Bonchev–Trinajstić information content (AvgIpc) is 3.24. The second kappa shape index (κ2) is 7.11. The van der Waals surface area contributed by atoms with E-state index in [0.717, 1.165) is 17.0 Å². The number of thiophene rings is 1. The topological polar surface area (TPSA) is 47.4 Å². The number of aromatic nitrogens is 2. The second-order valence-corrected chi connectivity index (χ2v) is 7.01. The van der Waals surface area contributed by atoms with Crippen LogP contribution in [0.5, 0.6) is 5.75 Å². The van der Waals surface area contributed by atoms with E-state index in [1.807, 2.05) is 30.5 Å². The van der Waals surface area contributed by atoms with Gasteiger partial charge in [0.15, 0.2) is 5.69 Å². The van der Waals surface area contributed by atoms with Crippen LogP contribution in [0.15, 0.2) is 41.9 Å². The quantitative estimate of drug-likeness (QED) is 0.699. The van der Waals surface area contributed by atoms with Gasteiger partial charge in [-0.1, -0.05) is 6.07 Å². The summed E-state index contributed by atoms with van der Waals surface area (Å²) in [7, 11) is 3.43. The molecular formula is C19H21N3O2S. The van der Waals surface area contributed by atoms with Crippen molar-refractivity contribution in [3.05, 3.63) is 63.6 Å². The molecule has 2 aromatic heterocycles. The molecule has 25 heavy (non-hydrogen) atoms. The van der Waals surface area contributed by atoms with Crippen molar-refractivity contribution < 1.29 is 9.53 Å². The van der Waals surface area contributed by atoms with Crippen molar-refractivity contribution in [2.75, 3.05) is 14.2 Å². The number of nitrogens with zero attached hydrogens (tertiary/aromatic N) is 3. The molecule has 3 rings (SSSR count). The number of hydrogen-bond acceptors (Lipinski definition) is 4. The van der Waals surface area contributed by atoms with Gasteiger partial charge >= 0.3 is 0 Å². The zero-order chi connectivity index (χ0) is 18.0. The highest BCUT2D eigenvalue weighted by atomic mass is 32.1. The molecule has 6 heteroatoms. The van der Waals surface area contributed by atoms with Crippen molar-refractivity contribution >= 4 is 17.2 Å². The summed E-state index contributed by atoms with van der Waals surface area (Å²) in [4.78, 5) is 15.6. The van der Waals surface area contributed by atoms with Gasteiger partial charge in [-0.25, -0.2) is 4.68 Å². The summed E-state index contributed by atoms with van der Waals surface area (Å²) < 4.78 is 7.08. The van der Waals surface area contributed by atoms with Crippen molar-refractivity contribution in [1.82, 2.24) is 14.7 Å². The highest BCUT2D eigenvalue weighted by Crippen LogP contribution is 2.24. The minimum absolute atomic E-state index is 0.0989. The standard InChI is InChI=1S/C19H21N3O2S/c1-13-5-6-17(24-4)16(11-13)22-9-7-15(20-22)19(23)21(3)12-18-14(2)8-10-25-18/h5-11H,12H2,1-4H3. The summed E-state index contributed by atoms with van der Waals surface area (Å²) in [5, 5.41) is 6.50. The summed E-state index contributed by atoms with van der Waals surface area (Å²) >= 11 is 1.66. The third kappa shape index (κ3) is 3.58. The first-order valence-corrected chi connectivity index (χ1v) is 8.86. The Labute approximate surface area is 151 Å². The number of benzene rings is 1. The van der Waals surface area contributed by atoms with E-state index in [2.05, 4.69) is 18.1 Å². The number of carbonyl (C=O) groups excluding carboxylic acids is 1. The van der Waals surface area contributed by atoms with Crippen molar-refractivity contribution in [3.8, 4) is 11.4 Å². The molecule has 2 heterocycles. The fourth-order valence-corrected chi connectivity index (χ4v) is 3.56. The van der Waals surface area contributed by atoms with Gasteiger partial charge in [-0.15, -0.1) is 11.3 Å². The molecule has 0 saturated heterocycles. The predicted octanol–water partition coefficient (Wildman–Crippen LogP) is 3.83. The van der Waals surface area contributed by atoms with E-state index in [9.17, 15) is 4.79 Å². The third-order valence-corrected chi connectivity index (χ3v) is 5.09. The molecule has 0 spiro atoms. The monoisotopic (exact) mass is 355 g/mol. The molecule has 130 valence electrons. The average molecular weight is 355 g/mol. The zero-order valence-electron chi connectivity index (χ0n) is 14.8. The van der Waals surface area contributed by atoms with Gasteiger partial charge in [-0.2, -0.15) is 5.10 Å². The van der Waals surface area contributed by atoms with Crippen molar-refractivity contribution in [1.29, 1.82) is 0 Å². The van der Waals surface area contributed by atoms with Gasteiger partial charge in [-0.3, -0.25) is 4.79 Å². The van der Waals surface area contributed by atoms with E-state index in [1.54, 1.807) is 47.3 Å². The molecule has 0 aliphatic heterocycles. The lowest BCUT2D eigenvalue weighted by Gasteiger charge is -2.15. The highest BCUT2D eigenvalue weighted by Gasteiger charge is 2.17. The number of methoxy groups -OCH3 is 1. The van der Waals surface area contributed by atoms with Crippen LogP contribution in [-0.2, 0) is 6.54 Å². The molecule has 1 amide bonds. The number of rotatable bonds is 5. The first kappa shape index (κ1) is 17.2. The van der Waals surface area contributed by atoms with E-state index in [0.29, 0.717) is 12.2 Å². The van der Waals surface area contributed by atoms with E-state index >= 15 is 0 Å². The molecule has 0 fully saturated rings. The van der Waals surface area contributed by atoms with Crippen LogP contribution in [0.3, 0.4) is 0 Å². The Morgan fingerprint density at radius 3 is 2.76 bits per heavy atom. The summed E-state index contributed by atoms with van der Waals surface area (Å²) in [6.45, 7) is 4.65. The predicted molar refractivity (Wildman–Crippen MR) is 99.7 cm³/mol. The number of aryl methyl sites for hydroxylation is 2. The van der Waals surface area contributed by atoms with E-state index in [-0.39, 0.29) is 5.91 Å². The molecule has 0 aliphatic carbocycles. The van der Waals surface area contributed by atoms with Crippen LogP contribution in [0.1, 0.15) is 26.5 Å². The smallest absolute Gasteiger partial charge is 0.274 e. The third-order valence-electron chi connectivity index (χ3n) is 4.09. The zero-order valence-corrected chi connectivity index (χ0v) is 15.6. The lowest BCUT2D eigenvalue weighted by atomic mass is 10.2. The largest absolute Gasteiger partial charge is 0.494 e. The molecule has 0 unspecified atom stereocenters. The van der Waals surface area contributed by atoms with Gasteiger partial charge in [-0.05, 0) is 54.6 Å². The maximum absolute atomic E-state index is 12.7. The van der Waals surface area contributed by atoms with Crippen LogP contribution in [0, 0.1) is 13.8 Å². The summed E-state index contributed by atoms with van der Waals surface area (Å²) in [5.74, 6) is 0.619. The number of hydrogen-bond donors (Lipinski definition) is 0. The van der Waals surface area contributed by atoms with E-state index in [4.69, 9.17) is 4.74 Å². The Kier molecular flexibility index (Phi) is 4.90. The first-order valence-electron chi connectivity index (χ1n) is 7.98. The Bertz CT molecular complexity index is 898. The van der Waals surface area contributed by atoms with Crippen LogP contribution in [0.2, 0.25) is 0 Å². The molecule has 3 aromatic rings. The Morgan fingerprint density at radius 1 is 1.28 bits per heavy atom. The normalized spacial score (nSPS) is 10.7. The summed E-state index contributed by atoms with van der Waals surface area (Å²) in [6, 6.07) is 9.67. The number of amides is 1. The second-order valence-electron chi connectivity index (χ2n) is 6.01. The van der Waals surface area contributed by atoms with Crippen LogP contribution in [0.25, 0.3) is 5.69 Å². The van der Waals surface area contributed by atoms with Gasteiger partial charge in [0, 0.05) is 18.1 Å². The van der Waals surface area contributed by atoms with Gasteiger partial charge < -0.3 is 9.64 Å². The molecule has 0 atom stereocenters. The van der Waals surface area contributed by atoms with Gasteiger partial charge in [0.2, 0.25) is 0 Å². The molecule has 0 saturated carbocycles. The number of carbonyl (C=O) groups is 1. The lowest BCUT2D eigenvalue weighted by molar-refractivity contribution is 0.0780. The first-order chi connectivity index (χ1) is 12.0. The van der Waals surface area contributed by atoms with Crippen LogP contribution >= 0.6 is 11.3 Å². The molecular weight excluding hydrogens is 334 g/mol. The fourth-order valence-electron chi connectivity index (χ4n) is 2.60. The molecule has 0 aliphatic rings. The Morgan fingerprint density at radius 2 is 2.08 bits per heavy atom. The number of ether oxygens (including phenoxy) is 1. The van der Waals surface area contributed by atoms with Crippen LogP contribution in [-0.4, -0.2) is 34.7 Å².